The Morgan fingerprint density at radius 3 is 1.07 bits per heavy atom. The first kappa shape index (κ1) is 38.9. The Labute approximate surface area is 405 Å². The fraction of sp³-hybridized carbons (Fsp3) is 0. The lowest BCUT2D eigenvalue weighted by Crippen LogP contribution is -1.91. The van der Waals surface area contributed by atoms with Gasteiger partial charge in [0.05, 0.1) is 0 Å². The highest BCUT2D eigenvalue weighted by Gasteiger charge is 2.27. The second kappa shape index (κ2) is 15.2. The van der Waals surface area contributed by atoms with Crippen LogP contribution in [0.5, 0.6) is 0 Å². The van der Waals surface area contributed by atoms with Gasteiger partial charge in [-0.15, -0.1) is 0 Å². The number of rotatable bonds is 6. The van der Waals surface area contributed by atoms with Crippen LogP contribution in [-0.4, -0.2) is 0 Å². The maximum atomic E-state index is 2.57. The van der Waals surface area contributed by atoms with Gasteiger partial charge in [-0.2, -0.15) is 0 Å². The van der Waals surface area contributed by atoms with E-state index in [1.165, 1.54) is 153 Å². The zero-order chi connectivity index (χ0) is 45.9. The van der Waals surface area contributed by atoms with Crippen LogP contribution in [0.25, 0.3) is 153 Å². The molecule has 0 bridgehead atoms. The minimum absolute atomic E-state index is 1.21. The highest BCUT2D eigenvalue weighted by molar-refractivity contribution is 6.46. The molecule has 0 aliphatic rings. The predicted octanol–water partition coefficient (Wildman–Crippen LogP) is 19.8. The molecule has 15 aromatic carbocycles. The van der Waals surface area contributed by atoms with E-state index >= 15 is 0 Å². The maximum Gasteiger partial charge on any atom is -0.000697 e. The predicted molar refractivity (Wildman–Crippen MR) is 301 cm³/mol. The van der Waals surface area contributed by atoms with Gasteiger partial charge in [-0.1, -0.05) is 243 Å². The highest BCUT2D eigenvalue weighted by Crippen LogP contribution is 2.56. The van der Waals surface area contributed by atoms with Crippen molar-refractivity contribution in [2.45, 2.75) is 0 Å². The average Bonchev–Trinajstić information content (AvgIpc) is 3.95. The first-order chi connectivity index (χ1) is 34.8. The van der Waals surface area contributed by atoms with Crippen molar-refractivity contribution in [2.24, 2.45) is 0 Å². The molecule has 15 aromatic rings. The third-order valence-corrected chi connectivity index (χ3v) is 15.3. The van der Waals surface area contributed by atoms with Crippen LogP contribution in [0, 0.1) is 0 Å². The van der Waals surface area contributed by atoms with Crippen LogP contribution in [0.4, 0.5) is 0 Å². The largest absolute Gasteiger partial charge is 0.0622 e. The van der Waals surface area contributed by atoms with Crippen molar-refractivity contribution >= 4 is 86.2 Å². The van der Waals surface area contributed by atoms with Crippen LogP contribution >= 0.6 is 0 Å². The quantitative estimate of drug-likeness (QED) is 0.146. The van der Waals surface area contributed by atoms with Gasteiger partial charge in [0.2, 0.25) is 0 Å². The standard InChI is InChI=1S/C70H42/c1-5-21-43(22-6-1)47-29-13-15-31-50(47)56-40-39-49(45-25-9-3-10-26-45)66-57-37-19-35-54-60-42-62-65-55(59(60)41-61(64(54)57)68(56)66)36-20-38-58(65)69-63(46-27-11-4-12-28-46)52-33-17-18-34-53(52)67(70(62)69)51-32-16-14-30-48(51)44-23-7-2-8-24-44/h1-42H. The smallest absolute Gasteiger partial charge is 0.000697 e. The Hall–Kier alpha value is -9.10. The summed E-state index contributed by atoms with van der Waals surface area (Å²) >= 11 is 0. The van der Waals surface area contributed by atoms with Crippen molar-refractivity contribution in [3.63, 3.8) is 0 Å². The summed E-state index contributed by atoms with van der Waals surface area (Å²) in [5, 5.41) is 20.7. The van der Waals surface area contributed by atoms with Crippen LogP contribution in [0.1, 0.15) is 0 Å². The first-order valence-electron chi connectivity index (χ1n) is 24.4. The van der Waals surface area contributed by atoms with Gasteiger partial charge in [0.25, 0.3) is 0 Å². The van der Waals surface area contributed by atoms with E-state index in [1.807, 2.05) is 0 Å². The van der Waals surface area contributed by atoms with E-state index in [2.05, 4.69) is 255 Å². The Kier molecular flexibility index (Phi) is 8.46. The van der Waals surface area contributed by atoms with Crippen LogP contribution in [0.15, 0.2) is 255 Å². The molecule has 0 fully saturated rings. The molecular formula is C70H42. The third-order valence-electron chi connectivity index (χ3n) is 15.3. The number of benzene rings is 13. The molecule has 0 saturated heterocycles. The normalized spacial score (nSPS) is 12.0. The average molecular weight is 883 g/mol. The summed E-state index contributed by atoms with van der Waals surface area (Å²) in [5.74, 6) is 0. The maximum absolute atomic E-state index is 2.57. The van der Waals surface area contributed by atoms with Gasteiger partial charge < -0.3 is 0 Å². The fourth-order valence-corrected chi connectivity index (χ4v) is 12.5. The molecule has 0 heteroatoms. The number of fused-ring (bicyclic) bond motifs is 10. The molecule has 0 amide bonds. The van der Waals surface area contributed by atoms with Gasteiger partial charge >= 0.3 is 0 Å². The summed E-state index contributed by atoms with van der Waals surface area (Å²) in [5.41, 5.74) is 14.9. The van der Waals surface area contributed by atoms with E-state index in [0.29, 0.717) is 0 Å². The minimum atomic E-state index is 1.21. The third kappa shape index (κ3) is 5.53. The zero-order valence-electron chi connectivity index (χ0n) is 38.2. The highest BCUT2D eigenvalue weighted by atomic mass is 14.3. The van der Waals surface area contributed by atoms with E-state index in [1.54, 1.807) is 0 Å². The Morgan fingerprint density at radius 1 is 0.143 bits per heavy atom. The molecule has 0 unspecified atom stereocenters. The van der Waals surface area contributed by atoms with Gasteiger partial charge in [0.1, 0.15) is 0 Å². The molecule has 0 aliphatic carbocycles. The second-order valence-electron chi connectivity index (χ2n) is 18.9. The van der Waals surface area contributed by atoms with Gasteiger partial charge in [0, 0.05) is 0 Å². The molecule has 0 aromatic heterocycles. The van der Waals surface area contributed by atoms with Crippen molar-refractivity contribution in [3.05, 3.63) is 255 Å². The van der Waals surface area contributed by atoms with Crippen LogP contribution in [0.2, 0.25) is 0 Å². The lowest BCUT2D eigenvalue weighted by Gasteiger charge is -2.19. The molecule has 0 N–H and O–H groups in total. The summed E-state index contributed by atoms with van der Waals surface area (Å²) in [6.07, 6.45) is 0. The summed E-state index contributed by atoms with van der Waals surface area (Å²) in [6, 6.07) is 95.0. The summed E-state index contributed by atoms with van der Waals surface area (Å²) in [6.45, 7) is 0. The summed E-state index contributed by atoms with van der Waals surface area (Å²) in [4.78, 5) is 0. The van der Waals surface area contributed by atoms with Crippen LogP contribution in [0.3, 0.4) is 0 Å². The lowest BCUT2D eigenvalue weighted by molar-refractivity contribution is 1.60. The van der Waals surface area contributed by atoms with Gasteiger partial charge in [0.15, 0.2) is 0 Å². The van der Waals surface area contributed by atoms with E-state index in [-0.39, 0.29) is 0 Å². The first-order valence-corrected chi connectivity index (χ1v) is 24.4. The van der Waals surface area contributed by atoms with Crippen LogP contribution in [-0.2, 0) is 0 Å². The van der Waals surface area contributed by atoms with Crippen molar-refractivity contribution in [3.8, 4) is 66.8 Å². The molecule has 0 saturated carbocycles. The zero-order valence-corrected chi connectivity index (χ0v) is 38.2. The van der Waals surface area contributed by atoms with E-state index in [9.17, 15) is 0 Å². The van der Waals surface area contributed by atoms with Crippen molar-refractivity contribution < 1.29 is 0 Å². The van der Waals surface area contributed by atoms with E-state index in [4.69, 9.17) is 0 Å². The Bertz CT molecular complexity index is 4530. The second-order valence-corrected chi connectivity index (χ2v) is 18.9. The van der Waals surface area contributed by atoms with E-state index in [0.717, 1.165) is 0 Å². The van der Waals surface area contributed by atoms with Gasteiger partial charge in [-0.3, -0.25) is 0 Å². The van der Waals surface area contributed by atoms with Crippen molar-refractivity contribution in [1.82, 2.24) is 0 Å². The van der Waals surface area contributed by atoms with E-state index < -0.39 is 0 Å². The van der Waals surface area contributed by atoms with Gasteiger partial charge in [-0.25, -0.2) is 0 Å². The lowest BCUT2D eigenvalue weighted by atomic mass is 9.84. The molecule has 0 heterocycles. The number of hydrogen-bond acceptors (Lipinski definition) is 0. The van der Waals surface area contributed by atoms with Crippen molar-refractivity contribution in [1.29, 1.82) is 0 Å². The Morgan fingerprint density at radius 2 is 0.500 bits per heavy atom. The molecule has 0 aliphatic heterocycles. The number of hydrogen-bond donors (Lipinski definition) is 0. The molecule has 322 valence electrons. The summed E-state index contributed by atoms with van der Waals surface area (Å²) in [7, 11) is 0. The Balaban J connectivity index is 1.15. The molecule has 0 spiro atoms. The molecular weight excluding hydrogens is 841 g/mol. The minimum Gasteiger partial charge on any atom is -0.0622 e. The van der Waals surface area contributed by atoms with Crippen molar-refractivity contribution in [2.75, 3.05) is 0 Å². The topological polar surface area (TPSA) is 0 Å². The summed E-state index contributed by atoms with van der Waals surface area (Å²) < 4.78 is 0. The molecule has 15 rings (SSSR count). The molecule has 0 nitrogen and oxygen atoms in total. The van der Waals surface area contributed by atoms with Gasteiger partial charge in [-0.05, 0) is 165 Å². The monoisotopic (exact) mass is 882 g/mol. The molecule has 0 radical (unpaired) electrons. The molecule has 70 heavy (non-hydrogen) atoms. The fourth-order valence-electron chi connectivity index (χ4n) is 12.5. The molecule has 0 atom stereocenters. The van der Waals surface area contributed by atoms with Crippen LogP contribution < -0.4 is 0 Å². The SMILES string of the molecule is c1ccc(-c2ccccc2-c2ccc(-c3ccccc3)c3c4cccc5c6cc7c8c(-c9ccccc9-c9ccccc9)c9ccccc9c(-c9ccccc9)c8c8cccc(c6cc(c23)c54)c87)cc1.